The minimum atomic E-state index is -0.244. The van der Waals surface area contributed by atoms with Gasteiger partial charge in [0.15, 0.2) is 0 Å². The summed E-state index contributed by atoms with van der Waals surface area (Å²) < 4.78 is 13.6. The number of hydrogen-bond donors (Lipinski definition) is 1. The van der Waals surface area contributed by atoms with Crippen molar-refractivity contribution in [1.29, 1.82) is 0 Å². The number of thioether (sulfide) groups is 1. The second-order valence-electron chi connectivity index (χ2n) is 3.27. The fourth-order valence-corrected chi connectivity index (χ4v) is 2.19. The molecule has 3 nitrogen and oxygen atoms in total. The molecule has 2 rings (SSSR count). The quantitative estimate of drug-likeness (QED) is 0.884. The number of nitrogens with two attached hydrogens (primary N) is 1. The van der Waals surface area contributed by atoms with Crippen molar-refractivity contribution in [2.24, 2.45) is 0 Å². The molecule has 2 N–H and O–H groups in total. The van der Waals surface area contributed by atoms with Gasteiger partial charge < -0.3 is 5.73 Å². The number of halogens is 2. The smallest absolute Gasteiger partial charge is 0.141 e. The molecule has 0 aliphatic carbocycles. The monoisotopic (exact) mass is 313 g/mol. The lowest BCUT2D eigenvalue weighted by atomic mass is 10.4. The average Bonchev–Trinajstić information content (AvgIpc) is 2.31. The standard InChI is InChI=1S/C11H9BrFN3S/c12-9-5-15-10(16-11(9)14)6-17-8-3-1-2-7(13)4-8/h1-5H,6H2,(H2,14,15,16). The fourth-order valence-electron chi connectivity index (χ4n) is 1.19. The van der Waals surface area contributed by atoms with E-state index in [1.165, 1.54) is 23.9 Å². The zero-order valence-electron chi connectivity index (χ0n) is 8.73. The van der Waals surface area contributed by atoms with Crippen LogP contribution in [0.3, 0.4) is 0 Å². The molecule has 0 fully saturated rings. The van der Waals surface area contributed by atoms with E-state index in [2.05, 4.69) is 25.9 Å². The van der Waals surface area contributed by atoms with Gasteiger partial charge in [-0.25, -0.2) is 14.4 Å². The lowest BCUT2D eigenvalue weighted by molar-refractivity contribution is 0.624. The van der Waals surface area contributed by atoms with E-state index in [9.17, 15) is 4.39 Å². The maximum absolute atomic E-state index is 12.9. The first kappa shape index (κ1) is 12.3. The highest BCUT2D eigenvalue weighted by Gasteiger charge is 2.03. The first-order valence-corrected chi connectivity index (χ1v) is 6.58. The van der Waals surface area contributed by atoms with E-state index in [4.69, 9.17) is 5.73 Å². The molecule has 0 saturated heterocycles. The minimum absolute atomic E-state index is 0.244. The Morgan fingerprint density at radius 1 is 1.41 bits per heavy atom. The Kier molecular flexibility index (Phi) is 3.96. The average molecular weight is 314 g/mol. The number of aromatic nitrogens is 2. The summed E-state index contributed by atoms with van der Waals surface area (Å²) in [6, 6.07) is 6.41. The van der Waals surface area contributed by atoms with Crippen molar-refractivity contribution in [3.63, 3.8) is 0 Å². The van der Waals surface area contributed by atoms with E-state index in [0.717, 1.165) is 4.90 Å². The minimum Gasteiger partial charge on any atom is -0.383 e. The number of nitrogen functional groups attached to an aromatic ring is 1. The molecule has 1 aromatic carbocycles. The largest absolute Gasteiger partial charge is 0.383 e. The Morgan fingerprint density at radius 3 is 2.94 bits per heavy atom. The van der Waals surface area contributed by atoms with E-state index >= 15 is 0 Å². The van der Waals surface area contributed by atoms with Crippen molar-refractivity contribution in [2.45, 2.75) is 10.6 Å². The molecule has 2 aromatic rings. The molecule has 88 valence electrons. The van der Waals surface area contributed by atoms with Crippen LogP contribution in [0.4, 0.5) is 10.2 Å². The van der Waals surface area contributed by atoms with Crippen LogP contribution in [0.2, 0.25) is 0 Å². The molecular formula is C11H9BrFN3S. The van der Waals surface area contributed by atoms with Crippen LogP contribution in [0.15, 0.2) is 39.8 Å². The van der Waals surface area contributed by atoms with Gasteiger partial charge in [0.2, 0.25) is 0 Å². The lowest BCUT2D eigenvalue weighted by Gasteiger charge is -2.02. The third-order valence-electron chi connectivity index (χ3n) is 1.99. The van der Waals surface area contributed by atoms with Gasteiger partial charge in [0.1, 0.15) is 17.5 Å². The third-order valence-corrected chi connectivity index (χ3v) is 3.59. The molecule has 0 saturated carbocycles. The Morgan fingerprint density at radius 2 is 2.24 bits per heavy atom. The van der Waals surface area contributed by atoms with E-state index in [1.807, 2.05) is 6.07 Å². The van der Waals surface area contributed by atoms with Crippen LogP contribution >= 0.6 is 27.7 Å². The Hall–Kier alpha value is -1.14. The SMILES string of the molecule is Nc1nc(CSc2cccc(F)c2)ncc1Br. The number of rotatable bonds is 3. The molecule has 0 aliphatic heterocycles. The molecule has 1 aromatic heterocycles. The molecule has 0 radical (unpaired) electrons. The Bertz CT molecular complexity index is 536. The van der Waals surface area contributed by atoms with Crippen LogP contribution in [-0.2, 0) is 5.75 Å². The highest BCUT2D eigenvalue weighted by atomic mass is 79.9. The van der Waals surface area contributed by atoms with Crippen molar-refractivity contribution >= 4 is 33.5 Å². The second kappa shape index (κ2) is 5.46. The van der Waals surface area contributed by atoms with E-state index in [-0.39, 0.29) is 5.82 Å². The van der Waals surface area contributed by atoms with Crippen LogP contribution in [0.25, 0.3) is 0 Å². The van der Waals surface area contributed by atoms with Gasteiger partial charge in [-0.1, -0.05) is 6.07 Å². The van der Waals surface area contributed by atoms with Gasteiger partial charge in [0.05, 0.1) is 10.2 Å². The highest BCUT2D eigenvalue weighted by Crippen LogP contribution is 2.23. The molecule has 0 spiro atoms. The number of nitrogens with zero attached hydrogens (tertiary/aromatic N) is 2. The number of benzene rings is 1. The summed E-state index contributed by atoms with van der Waals surface area (Å²) in [5.74, 6) is 1.35. The van der Waals surface area contributed by atoms with Gasteiger partial charge in [0, 0.05) is 11.1 Å². The van der Waals surface area contributed by atoms with Crippen LogP contribution in [0, 0.1) is 5.82 Å². The van der Waals surface area contributed by atoms with E-state index in [0.29, 0.717) is 21.9 Å². The summed E-state index contributed by atoms with van der Waals surface area (Å²) in [5, 5.41) is 0. The normalized spacial score (nSPS) is 10.5. The number of anilines is 1. The maximum Gasteiger partial charge on any atom is 0.141 e. The molecular weight excluding hydrogens is 305 g/mol. The highest BCUT2D eigenvalue weighted by molar-refractivity contribution is 9.10. The lowest BCUT2D eigenvalue weighted by Crippen LogP contribution is -1.98. The van der Waals surface area contributed by atoms with Crippen molar-refractivity contribution in [3.05, 3.63) is 46.6 Å². The third kappa shape index (κ3) is 3.41. The summed E-state index contributed by atoms with van der Waals surface area (Å²) in [6.07, 6.45) is 1.61. The summed E-state index contributed by atoms with van der Waals surface area (Å²) in [4.78, 5) is 9.08. The Balaban J connectivity index is 2.05. The molecule has 1 heterocycles. The molecule has 0 aliphatic rings. The molecule has 0 amide bonds. The topological polar surface area (TPSA) is 51.8 Å². The molecule has 6 heteroatoms. The van der Waals surface area contributed by atoms with Gasteiger partial charge >= 0.3 is 0 Å². The van der Waals surface area contributed by atoms with Crippen LogP contribution in [0.5, 0.6) is 0 Å². The van der Waals surface area contributed by atoms with Gasteiger partial charge in [-0.2, -0.15) is 0 Å². The van der Waals surface area contributed by atoms with Crippen LogP contribution < -0.4 is 5.73 Å². The van der Waals surface area contributed by atoms with E-state index < -0.39 is 0 Å². The van der Waals surface area contributed by atoms with Crippen molar-refractivity contribution in [1.82, 2.24) is 9.97 Å². The van der Waals surface area contributed by atoms with Crippen LogP contribution in [-0.4, -0.2) is 9.97 Å². The maximum atomic E-state index is 12.9. The first-order chi connectivity index (χ1) is 8.15. The van der Waals surface area contributed by atoms with Gasteiger partial charge in [-0.15, -0.1) is 11.8 Å². The van der Waals surface area contributed by atoms with Crippen LogP contribution in [0.1, 0.15) is 5.82 Å². The molecule has 17 heavy (non-hydrogen) atoms. The van der Waals surface area contributed by atoms with Crippen molar-refractivity contribution < 1.29 is 4.39 Å². The molecule has 0 unspecified atom stereocenters. The second-order valence-corrected chi connectivity index (χ2v) is 5.17. The summed E-state index contributed by atoms with van der Waals surface area (Å²) in [5.41, 5.74) is 5.65. The summed E-state index contributed by atoms with van der Waals surface area (Å²) >= 11 is 4.69. The summed E-state index contributed by atoms with van der Waals surface area (Å²) in [7, 11) is 0. The van der Waals surface area contributed by atoms with Crippen molar-refractivity contribution in [3.8, 4) is 0 Å². The van der Waals surface area contributed by atoms with Gasteiger partial charge in [-0.05, 0) is 34.1 Å². The predicted molar refractivity (Wildman–Crippen MR) is 70.1 cm³/mol. The molecule has 0 atom stereocenters. The zero-order valence-corrected chi connectivity index (χ0v) is 11.1. The molecule has 0 bridgehead atoms. The first-order valence-electron chi connectivity index (χ1n) is 4.80. The van der Waals surface area contributed by atoms with Crippen molar-refractivity contribution in [2.75, 3.05) is 5.73 Å². The predicted octanol–water partition coefficient (Wildman–Crippen LogP) is 3.25. The zero-order chi connectivity index (χ0) is 12.3. The number of hydrogen-bond acceptors (Lipinski definition) is 4. The van der Waals surface area contributed by atoms with Gasteiger partial charge in [-0.3, -0.25) is 0 Å². The Labute approximate surface area is 111 Å². The summed E-state index contributed by atoms with van der Waals surface area (Å²) in [6.45, 7) is 0. The fraction of sp³-hybridized carbons (Fsp3) is 0.0909. The van der Waals surface area contributed by atoms with E-state index in [1.54, 1.807) is 12.3 Å². The van der Waals surface area contributed by atoms with Gasteiger partial charge in [0.25, 0.3) is 0 Å².